The number of thioether (sulfide) groups is 1. The molecule has 2 rings (SSSR count). The van der Waals surface area contributed by atoms with E-state index in [1.807, 2.05) is 30.0 Å². The topological polar surface area (TPSA) is 23.6 Å². The van der Waals surface area contributed by atoms with Crippen LogP contribution in [0.1, 0.15) is 12.5 Å². The third kappa shape index (κ3) is 4.25. The van der Waals surface area contributed by atoms with E-state index in [1.54, 1.807) is 11.8 Å². The summed E-state index contributed by atoms with van der Waals surface area (Å²) in [7, 11) is 2.11. The predicted molar refractivity (Wildman–Crippen MR) is 81.3 cm³/mol. The van der Waals surface area contributed by atoms with E-state index in [4.69, 9.17) is 0 Å². The Morgan fingerprint density at radius 1 is 1.21 bits per heavy atom. The van der Waals surface area contributed by atoms with Crippen LogP contribution in [0.25, 0.3) is 0 Å². The van der Waals surface area contributed by atoms with Gasteiger partial charge in [0.15, 0.2) is 0 Å². The van der Waals surface area contributed by atoms with E-state index in [0.717, 1.165) is 31.9 Å². The van der Waals surface area contributed by atoms with Crippen LogP contribution in [0.4, 0.5) is 0 Å². The quantitative estimate of drug-likeness (QED) is 0.842. The minimum Gasteiger partial charge on any atom is -0.339 e. The van der Waals surface area contributed by atoms with Crippen LogP contribution in [0.3, 0.4) is 0 Å². The zero-order chi connectivity index (χ0) is 13.7. The smallest absolute Gasteiger partial charge is 0.235 e. The molecule has 104 valence electrons. The predicted octanol–water partition coefficient (Wildman–Crippen LogP) is 2.08. The molecule has 1 amide bonds. The summed E-state index contributed by atoms with van der Waals surface area (Å²) >= 11 is 1.73. The number of rotatable bonds is 4. The summed E-state index contributed by atoms with van der Waals surface area (Å²) in [6.07, 6.45) is 0. The van der Waals surface area contributed by atoms with Crippen molar-refractivity contribution in [3.8, 4) is 0 Å². The van der Waals surface area contributed by atoms with Gasteiger partial charge in [-0.15, -0.1) is 11.8 Å². The molecule has 4 heteroatoms. The highest BCUT2D eigenvalue weighted by atomic mass is 32.2. The normalized spacial score (nSPS) is 18.3. The van der Waals surface area contributed by atoms with Gasteiger partial charge < -0.3 is 9.80 Å². The van der Waals surface area contributed by atoms with Crippen molar-refractivity contribution in [3.05, 3.63) is 35.9 Å². The molecule has 0 aromatic heterocycles. The number of likely N-dealkylation sites (N-methyl/N-ethyl adjacent to an activating group) is 1. The highest BCUT2D eigenvalue weighted by Crippen LogP contribution is 2.19. The number of amides is 1. The molecule has 1 atom stereocenters. The summed E-state index contributed by atoms with van der Waals surface area (Å²) in [5, 5.41) is 0.0450. The Kier molecular flexibility index (Phi) is 5.28. The van der Waals surface area contributed by atoms with Crippen LogP contribution in [0.5, 0.6) is 0 Å². The number of carbonyl (C=O) groups is 1. The molecule has 1 aromatic carbocycles. The van der Waals surface area contributed by atoms with E-state index in [2.05, 4.69) is 24.1 Å². The molecule has 0 saturated carbocycles. The Morgan fingerprint density at radius 2 is 1.84 bits per heavy atom. The van der Waals surface area contributed by atoms with Crippen molar-refractivity contribution in [1.82, 2.24) is 9.80 Å². The van der Waals surface area contributed by atoms with E-state index in [1.165, 1.54) is 5.56 Å². The number of carbonyl (C=O) groups excluding carboxylic acids is 1. The molecule has 0 radical (unpaired) electrons. The van der Waals surface area contributed by atoms with Crippen LogP contribution in [0.15, 0.2) is 30.3 Å². The standard InChI is InChI=1S/C15H22N2OS/c1-13(19-12-14-6-4-3-5-7-14)15(18)17-10-8-16(2)9-11-17/h3-7,13H,8-12H2,1-2H3/t13-/m0/s1. The van der Waals surface area contributed by atoms with Crippen molar-refractivity contribution >= 4 is 17.7 Å². The maximum atomic E-state index is 12.3. The van der Waals surface area contributed by atoms with Crippen LogP contribution in [0, 0.1) is 0 Å². The van der Waals surface area contributed by atoms with Gasteiger partial charge in [0.2, 0.25) is 5.91 Å². The summed E-state index contributed by atoms with van der Waals surface area (Å²) in [5.41, 5.74) is 1.28. The van der Waals surface area contributed by atoms with Crippen molar-refractivity contribution < 1.29 is 4.79 Å². The first kappa shape index (κ1) is 14.4. The third-order valence-electron chi connectivity index (χ3n) is 3.51. The molecule has 0 aliphatic carbocycles. The van der Waals surface area contributed by atoms with Crippen molar-refractivity contribution in [2.24, 2.45) is 0 Å². The number of hydrogen-bond donors (Lipinski definition) is 0. The molecular weight excluding hydrogens is 256 g/mol. The Balaban J connectivity index is 1.79. The summed E-state index contributed by atoms with van der Waals surface area (Å²) in [5.74, 6) is 1.19. The number of hydrogen-bond acceptors (Lipinski definition) is 3. The molecule has 0 bridgehead atoms. The van der Waals surface area contributed by atoms with Gasteiger partial charge in [-0.2, -0.15) is 0 Å². The maximum Gasteiger partial charge on any atom is 0.235 e. The lowest BCUT2D eigenvalue weighted by molar-refractivity contribution is -0.131. The molecule has 1 aliphatic heterocycles. The van der Waals surface area contributed by atoms with Crippen molar-refractivity contribution in [3.63, 3.8) is 0 Å². The Bertz CT molecular complexity index is 402. The second-order valence-electron chi connectivity index (χ2n) is 5.07. The van der Waals surface area contributed by atoms with E-state index in [-0.39, 0.29) is 11.2 Å². The first-order valence-corrected chi connectivity index (χ1v) is 7.84. The average molecular weight is 278 g/mol. The molecule has 3 nitrogen and oxygen atoms in total. The lowest BCUT2D eigenvalue weighted by atomic mass is 10.2. The summed E-state index contributed by atoms with van der Waals surface area (Å²) < 4.78 is 0. The maximum absolute atomic E-state index is 12.3. The Labute approximate surface area is 120 Å². The van der Waals surface area contributed by atoms with E-state index >= 15 is 0 Å². The molecule has 1 saturated heterocycles. The fourth-order valence-electron chi connectivity index (χ4n) is 2.15. The first-order valence-electron chi connectivity index (χ1n) is 6.79. The van der Waals surface area contributed by atoms with Crippen LogP contribution >= 0.6 is 11.8 Å². The molecule has 1 aliphatic rings. The monoisotopic (exact) mass is 278 g/mol. The van der Waals surface area contributed by atoms with Gasteiger partial charge in [0.25, 0.3) is 0 Å². The molecule has 1 heterocycles. The lowest BCUT2D eigenvalue weighted by Crippen LogP contribution is -2.49. The number of piperazine rings is 1. The second kappa shape index (κ2) is 6.96. The SMILES string of the molecule is C[C@H](SCc1ccccc1)C(=O)N1CCN(C)CC1. The van der Waals surface area contributed by atoms with Crippen LogP contribution in [0.2, 0.25) is 0 Å². The summed E-state index contributed by atoms with van der Waals surface area (Å²) in [6.45, 7) is 5.73. The largest absolute Gasteiger partial charge is 0.339 e. The van der Waals surface area contributed by atoms with Gasteiger partial charge in [0.05, 0.1) is 5.25 Å². The second-order valence-corrected chi connectivity index (χ2v) is 6.40. The highest BCUT2D eigenvalue weighted by Gasteiger charge is 2.23. The van der Waals surface area contributed by atoms with E-state index in [9.17, 15) is 4.79 Å². The van der Waals surface area contributed by atoms with Crippen molar-refractivity contribution in [1.29, 1.82) is 0 Å². The molecule has 0 N–H and O–H groups in total. The molecule has 19 heavy (non-hydrogen) atoms. The third-order valence-corrected chi connectivity index (χ3v) is 4.71. The first-order chi connectivity index (χ1) is 9.16. The van der Waals surface area contributed by atoms with Gasteiger partial charge in [-0.25, -0.2) is 0 Å². The summed E-state index contributed by atoms with van der Waals surface area (Å²) in [4.78, 5) is 16.6. The molecule has 0 spiro atoms. The summed E-state index contributed by atoms with van der Waals surface area (Å²) in [6, 6.07) is 10.3. The Morgan fingerprint density at radius 3 is 2.47 bits per heavy atom. The van der Waals surface area contributed by atoms with Crippen LogP contribution in [-0.4, -0.2) is 54.2 Å². The molecule has 0 unspecified atom stereocenters. The van der Waals surface area contributed by atoms with Gasteiger partial charge >= 0.3 is 0 Å². The van der Waals surface area contributed by atoms with Gasteiger partial charge in [-0.1, -0.05) is 30.3 Å². The van der Waals surface area contributed by atoms with Crippen molar-refractivity contribution in [2.75, 3.05) is 33.2 Å². The molecule has 1 aromatic rings. The fraction of sp³-hybridized carbons (Fsp3) is 0.533. The van der Waals surface area contributed by atoms with Gasteiger partial charge in [-0.3, -0.25) is 4.79 Å². The van der Waals surface area contributed by atoms with Crippen molar-refractivity contribution in [2.45, 2.75) is 17.9 Å². The fourth-order valence-corrected chi connectivity index (χ4v) is 3.08. The zero-order valence-electron chi connectivity index (χ0n) is 11.7. The van der Waals surface area contributed by atoms with E-state index in [0.29, 0.717) is 0 Å². The highest BCUT2D eigenvalue weighted by molar-refractivity contribution is 7.99. The minimum absolute atomic E-state index is 0.0450. The van der Waals surface area contributed by atoms with Gasteiger partial charge in [-0.05, 0) is 19.5 Å². The average Bonchev–Trinajstić information content (AvgIpc) is 2.46. The number of benzene rings is 1. The lowest BCUT2D eigenvalue weighted by Gasteiger charge is -2.33. The molecular formula is C15H22N2OS. The van der Waals surface area contributed by atoms with Gasteiger partial charge in [0, 0.05) is 31.9 Å². The van der Waals surface area contributed by atoms with Crippen LogP contribution in [-0.2, 0) is 10.5 Å². The van der Waals surface area contributed by atoms with Gasteiger partial charge in [0.1, 0.15) is 0 Å². The zero-order valence-corrected chi connectivity index (χ0v) is 12.5. The minimum atomic E-state index is 0.0450. The van der Waals surface area contributed by atoms with Crippen LogP contribution < -0.4 is 0 Å². The van der Waals surface area contributed by atoms with E-state index < -0.39 is 0 Å². The Hall–Kier alpha value is -1.00. The molecule has 1 fully saturated rings. The number of nitrogens with zero attached hydrogens (tertiary/aromatic N) is 2.